The summed E-state index contributed by atoms with van der Waals surface area (Å²) in [4.78, 5) is 27.7. The Bertz CT molecular complexity index is 536. The van der Waals surface area contributed by atoms with E-state index in [1.54, 1.807) is 19.2 Å². The minimum absolute atomic E-state index is 0.00385. The van der Waals surface area contributed by atoms with Gasteiger partial charge in [-0.1, -0.05) is 0 Å². The van der Waals surface area contributed by atoms with Gasteiger partial charge in [-0.15, -0.1) is 0 Å². The highest BCUT2D eigenvalue weighted by molar-refractivity contribution is 5.96. The number of benzene rings is 1. The predicted molar refractivity (Wildman–Crippen MR) is 82.0 cm³/mol. The highest BCUT2D eigenvalue weighted by atomic mass is 16.2. The Balaban J connectivity index is 1.95. The monoisotopic (exact) mass is 290 g/mol. The number of aryl methyl sites for hydroxylation is 1. The fourth-order valence-electron chi connectivity index (χ4n) is 2.49. The van der Waals surface area contributed by atoms with Gasteiger partial charge in [0.1, 0.15) is 0 Å². The molecule has 0 aliphatic carbocycles. The van der Waals surface area contributed by atoms with E-state index in [4.69, 9.17) is 5.73 Å². The van der Waals surface area contributed by atoms with Crippen molar-refractivity contribution in [2.24, 2.45) is 0 Å². The molecule has 1 heterocycles. The number of carbonyl (C=O) groups is 2. The molecule has 2 amide bonds. The summed E-state index contributed by atoms with van der Waals surface area (Å²) in [5, 5.41) is 2.61. The first-order valence-electron chi connectivity index (χ1n) is 7.09. The van der Waals surface area contributed by atoms with Gasteiger partial charge in [-0.3, -0.25) is 14.5 Å². The normalized spacial score (nSPS) is 15.8. The number of anilines is 1. The van der Waals surface area contributed by atoms with Gasteiger partial charge in [0.2, 0.25) is 5.91 Å². The quantitative estimate of drug-likeness (QED) is 0.773. The van der Waals surface area contributed by atoms with Crippen LogP contribution in [0.25, 0.3) is 0 Å². The summed E-state index contributed by atoms with van der Waals surface area (Å²) in [6.45, 7) is 4.99. The first-order valence-corrected chi connectivity index (χ1v) is 7.09. The summed E-state index contributed by atoms with van der Waals surface area (Å²) < 4.78 is 0. The molecule has 3 N–H and O–H groups in total. The number of likely N-dealkylation sites (N-methyl/N-ethyl adjacent to an activating group) is 1. The van der Waals surface area contributed by atoms with Crippen LogP contribution in [0.2, 0.25) is 0 Å². The number of nitrogens with zero attached hydrogens (tertiary/aromatic N) is 2. The van der Waals surface area contributed by atoms with Gasteiger partial charge in [-0.05, 0) is 30.7 Å². The Morgan fingerprint density at radius 1 is 1.24 bits per heavy atom. The van der Waals surface area contributed by atoms with Crippen LogP contribution in [0, 0.1) is 6.92 Å². The van der Waals surface area contributed by atoms with Gasteiger partial charge < -0.3 is 16.0 Å². The molecule has 0 bridgehead atoms. The maximum absolute atomic E-state index is 12.5. The van der Waals surface area contributed by atoms with Crippen LogP contribution in [0.3, 0.4) is 0 Å². The second kappa shape index (κ2) is 6.58. The number of piperazine rings is 1. The largest absolute Gasteiger partial charge is 0.399 e. The second-order valence-corrected chi connectivity index (χ2v) is 5.32. The highest BCUT2D eigenvalue weighted by Crippen LogP contribution is 2.16. The number of rotatable bonds is 3. The summed E-state index contributed by atoms with van der Waals surface area (Å²) in [6, 6.07) is 5.35. The summed E-state index contributed by atoms with van der Waals surface area (Å²) in [5.74, 6) is 0.0382. The van der Waals surface area contributed by atoms with Gasteiger partial charge in [0.05, 0.1) is 6.54 Å². The topological polar surface area (TPSA) is 78.7 Å². The van der Waals surface area contributed by atoms with Crippen molar-refractivity contribution in [1.82, 2.24) is 15.1 Å². The molecule has 1 aliphatic heterocycles. The van der Waals surface area contributed by atoms with Crippen molar-refractivity contribution in [2.75, 3.05) is 45.5 Å². The summed E-state index contributed by atoms with van der Waals surface area (Å²) in [5.41, 5.74) is 7.97. The van der Waals surface area contributed by atoms with Gasteiger partial charge in [0.25, 0.3) is 5.91 Å². The number of hydrogen-bond acceptors (Lipinski definition) is 4. The number of amides is 2. The molecule has 0 unspecified atom stereocenters. The lowest BCUT2D eigenvalue weighted by molar-refractivity contribution is -0.122. The lowest BCUT2D eigenvalue weighted by Gasteiger charge is -2.34. The second-order valence-electron chi connectivity index (χ2n) is 5.32. The first kappa shape index (κ1) is 15.3. The molecule has 1 aromatic carbocycles. The number of carbonyl (C=O) groups excluding carboxylic acids is 2. The van der Waals surface area contributed by atoms with E-state index in [1.807, 2.05) is 17.9 Å². The maximum atomic E-state index is 12.5. The van der Waals surface area contributed by atoms with Crippen molar-refractivity contribution in [3.8, 4) is 0 Å². The van der Waals surface area contributed by atoms with E-state index in [9.17, 15) is 9.59 Å². The number of nitrogens with two attached hydrogens (primary N) is 1. The Morgan fingerprint density at radius 2 is 1.90 bits per heavy atom. The molecule has 21 heavy (non-hydrogen) atoms. The van der Waals surface area contributed by atoms with Crippen LogP contribution in [-0.2, 0) is 4.79 Å². The molecule has 0 spiro atoms. The molecular formula is C15H22N4O2. The average Bonchev–Trinajstić information content (AvgIpc) is 2.47. The van der Waals surface area contributed by atoms with E-state index in [-0.39, 0.29) is 11.8 Å². The highest BCUT2D eigenvalue weighted by Gasteiger charge is 2.23. The molecule has 0 atom stereocenters. The van der Waals surface area contributed by atoms with Crippen LogP contribution >= 0.6 is 0 Å². The fourth-order valence-corrected chi connectivity index (χ4v) is 2.49. The Hall–Kier alpha value is -2.08. The zero-order valence-electron chi connectivity index (χ0n) is 12.6. The molecule has 1 saturated heterocycles. The smallest absolute Gasteiger partial charge is 0.254 e. The maximum Gasteiger partial charge on any atom is 0.254 e. The Labute approximate surface area is 124 Å². The fraction of sp³-hybridized carbons (Fsp3) is 0.467. The zero-order chi connectivity index (χ0) is 15.4. The third-order valence-electron chi connectivity index (χ3n) is 3.79. The lowest BCUT2D eigenvalue weighted by Crippen LogP contribution is -2.51. The van der Waals surface area contributed by atoms with Crippen molar-refractivity contribution in [1.29, 1.82) is 0 Å². The van der Waals surface area contributed by atoms with E-state index in [2.05, 4.69) is 10.2 Å². The molecule has 2 rings (SSSR count). The van der Waals surface area contributed by atoms with Gasteiger partial charge in [-0.2, -0.15) is 0 Å². The van der Waals surface area contributed by atoms with Crippen molar-refractivity contribution in [3.63, 3.8) is 0 Å². The van der Waals surface area contributed by atoms with E-state index in [0.29, 0.717) is 44.0 Å². The minimum atomic E-state index is 0.00385. The third kappa shape index (κ3) is 3.72. The standard InChI is InChI=1S/C15H22N4O2/c1-11-9-12(16)3-4-13(11)15(21)19-7-5-18(6-8-19)10-14(20)17-2/h3-4,9H,5-8,10,16H2,1-2H3,(H,17,20). The number of nitrogens with one attached hydrogen (secondary N) is 1. The van der Waals surface area contributed by atoms with Crippen molar-refractivity contribution in [3.05, 3.63) is 29.3 Å². The van der Waals surface area contributed by atoms with Crippen LogP contribution in [0.15, 0.2) is 18.2 Å². The van der Waals surface area contributed by atoms with E-state index < -0.39 is 0 Å². The molecule has 6 nitrogen and oxygen atoms in total. The third-order valence-corrected chi connectivity index (χ3v) is 3.79. The number of nitrogen functional groups attached to an aromatic ring is 1. The van der Waals surface area contributed by atoms with Crippen LogP contribution in [0.5, 0.6) is 0 Å². The van der Waals surface area contributed by atoms with Crippen LogP contribution in [0.4, 0.5) is 5.69 Å². The van der Waals surface area contributed by atoms with Gasteiger partial charge >= 0.3 is 0 Å². The summed E-state index contributed by atoms with van der Waals surface area (Å²) in [7, 11) is 1.63. The Kier molecular flexibility index (Phi) is 4.80. The van der Waals surface area contributed by atoms with E-state index >= 15 is 0 Å². The van der Waals surface area contributed by atoms with Gasteiger partial charge in [0.15, 0.2) is 0 Å². The minimum Gasteiger partial charge on any atom is -0.399 e. The molecule has 114 valence electrons. The first-order chi connectivity index (χ1) is 10.0. The molecule has 0 aromatic heterocycles. The van der Waals surface area contributed by atoms with Crippen LogP contribution < -0.4 is 11.1 Å². The summed E-state index contributed by atoms with van der Waals surface area (Å²) >= 11 is 0. The Morgan fingerprint density at radius 3 is 2.48 bits per heavy atom. The van der Waals surface area contributed by atoms with Crippen molar-refractivity contribution in [2.45, 2.75) is 6.92 Å². The molecule has 1 aliphatic rings. The molecule has 1 fully saturated rings. The predicted octanol–water partition coefficient (Wildman–Crippen LogP) is 0.0810. The lowest BCUT2D eigenvalue weighted by atomic mass is 10.1. The molecular weight excluding hydrogens is 268 g/mol. The van der Waals surface area contributed by atoms with E-state index in [0.717, 1.165) is 5.56 Å². The zero-order valence-corrected chi connectivity index (χ0v) is 12.6. The van der Waals surface area contributed by atoms with Gasteiger partial charge in [0, 0.05) is 44.5 Å². The molecule has 6 heteroatoms. The van der Waals surface area contributed by atoms with E-state index in [1.165, 1.54) is 0 Å². The molecule has 1 aromatic rings. The average molecular weight is 290 g/mol. The van der Waals surface area contributed by atoms with Crippen LogP contribution in [-0.4, -0.2) is 61.4 Å². The van der Waals surface area contributed by atoms with Gasteiger partial charge in [-0.25, -0.2) is 0 Å². The number of hydrogen-bond donors (Lipinski definition) is 2. The molecule has 0 saturated carbocycles. The van der Waals surface area contributed by atoms with Crippen molar-refractivity contribution >= 4 is 17.5 Å². The summed E-state index contributed by atoms with van der Waals surface area (Å²) in [6.07, 6.45) is 0. The van der Waals surface area contributed by atoms with Crippen molar-refractivity contribution < 1.29 is 9.59 Å². The SMILES string of the molecule is CNC(=O)CN1CCN(C(=O)c2ccc(N)cc2C)CC1. The molecule has 0 radical (unpaired) electrons. The van der Waals surface area contributed by atoms with Crippen LogP contribution in [0.1, 0.15) is 15.9 Å².